The van der Waals surface area contributed by atoms with E-state index in [9.17, 15) is 0 Å². The smallest absolute Gasteiger partial charge is 0.122 e. The third kappa shape index (κ3) is 2.51. The van der Waals surface area contributed by atoms with E-state index in [0.717, 1.165) is 36.0 Å². The van der Waals surface area contributed by atoms with E-state index >= 15 is 0 Å². The van der Waals surface area contributed by atoms with Gasteiger partial charge in [-0.1, -0.05) is 13.0 Å². The van der Waals surface area contributed by atoms with Crippen molar-refractivity contribution in [1.29, 1.82) is 0 Å². The highest BCUT2D eigenvalue weighted by molar-refractivity contribution is 7.09. The van der Waals surface area contributed by atoms with E-state index in [1.54, 1.807) is 11.3 Å². The lowest BCUT2D eigenvalue weighted by molar-refractivity contribution is 0.357. The number of thiazole rings is 1. The zero-order valence-corrected chi connectivity index (χ0v) is 12.1. The van der Waals surface area contributed by atoms with Crippen molar-refractivity contribution in [2.75, 3.05) is 13.2 Å². The van der Waals surface area contributed by atoms with Gasteiger partial charge in [-0.15, -0.1) is 11.3 Å². The molecule has 3 nitrogen and oxygen atoms in total. The molecule has 100 valence electrons. The number of rotatable bonds is 4. The van der Waals surface area contributed by atoms with Gasteiger partial charge in [0.05, 0.1) is 12.6 Å². The number of nitrogens with one attached hydrogen (secondary N) is 1. The molecule has 19 heavy (non-hydrogen) atoms. The molecule has 1 N–H and O–H groups in total. The second kappa shape index (κ2) is 5.31. The Morgan fingerprint density at radius 2 is 2.37 bits per heavy atom. The average Bonchev–Trinajstić information content (AvgIpc) is 3.03. The minimum Gasteiger partial charge on any atom is -0.493 e. The molecule has 0 amide bonds. The molecule has 1 atom stereocenters. The average molecular weight is 274 g/mol. The highest BCUT2D eigenvalue weighted by atomic mass is 32.1. The number of fused-ring (bicyclic) bond motifs is 1. The second-order valence-corrected chi connectivity index (χ2v) is 5.67. The Bertz CT molecular complexity index is 579. The van der Waals surface area contributed by atoms with Crippen LogP contribution in [0.3, 0.4) is 0 Å². The first-order valence-corrected chi connectivity index (χ1v) is 7.57. The molecular formula is C15H18N2OS. The maximum atomic E-state index is 5.57. The van der Waals surface area contributed by atoms with Crippen molar-refractivity contribution in [3.05, 3.63) is 45.4 Å². The highest BCUT2D eigenvalue weighted by Crippen LogP contribution is 2.31. The van der Waals surface area contributed by atoms with Crippen LogP contribution in [0, 0.1) is 6.92 Å². The molecular weight excluding hydrogens is 256 g/mol. The van der Waals surface area contributed by atoms with E-state index < -0.39 is 0 Å². The Morgan fingerprint density at radius 3 is 3.11 bits per heavy atom. The summed E-state index contributed by atoms with van der Waals surface area (Å²) >= 11 is 1.72. The van der Waals surface area contributed by atoms with Gasteiger partial charge in [0.1, 0.15) is 10.8 Å². The molecule has 0 bridgehead atoms. The highest BCUT2D eigenvalue weighted by Gasteiger charge is 2.19. The predicted molar refractivity (Wildman–Crippen MR) is 78.0 cm³/mol. The molecule has 0 saturated carbocycles. The fraction of sp³-hybridized carbons (Fsp3) is 0.400. The van der Waals surface area contributed by atoms with Crippen LogP contribution in [0.4, 0.5) is 0 Å². The molecule has 0 fully saturated rings. The first-order chi connectivity index (χ1) is 9.28. The molecule has 3 rings (SSSR count). The molecule has 2 heterocycles. The number of ether oxygens (including phenoxy) is 1. The Labute approximate surface area is 117 Å². The fourth-order valence-corrected chi connectivity index (χ4v) is 3.34. The number of benzene rings is 1. The molecule has 1 aliphatic rings. The van der Waals surface area contributed by atoms with E-state index in [1.165, 1.54) is 11.1 Å². The Balaban J connectivity index is 1.95. The molecule has 0 spiro atoms. The first-order valence-electron chi connectivity index (χ1n) is 6.69. The van der Waals surface area contributed by atoms with Crippen molar-refractivity contribution in [3.8, 4) is 5.75 Å². The number of hydrogen-bond donors (Lipinski definition) is 1. The third-order valence-corrected chi connectivity index (χ3v) is 4.37. The molecule has 1 unspecified atom stereocenters. The SMILES string of the molecule is CCNC(c1ccc2c(c1)CCO2)c1nc(C)cs1. The summed E-state index contributed by atoms with van der Waals surface area (Å²) < 4.78 is 5.57. The number of aryl methyl sites for hydroxylation is 1. The van der Waals surface area contributed by atoms with Gasteiger partial charge < -0.3 is 10.1 Å². The molecule has 0 saturated heterocycles. The Hall–Kier alpha value is -1.39. The lowest BCUT2D eigenvalue weighted by atomic mass is 10.0. The summed E-state index contributed by atoms with van der Waals surface area (Å²) in [7, 11) is 0. The van der Waals surface area contributed by atoms with Crippen molar-refractivity contribution < 1.29 is 4.74 Å². The monoisotopic (exact) mass is 274 g/mol. The Morgan fingerprint density at radius 1 is 1.47 bits per heavy atom. The van der Waals surface area contributed by atoms with Crippen molar-refractivity contribution in [2.24, 2.45) is 0 Å². The summed E-state index contributed by atoms with van der Waals surface area (Å²) in [6.45, 7) is 5.90. The quantitative estimate of drug-likeness (QED) is 0.930. The zero-order valence-electron chi connectivity index (χ0n) is 11.3. The summed E-state index contributed by atoms with van der Waals surface area (Å²) in [5, 5.41) is 6.77. The van der Waals surface area contributed by atoms with Crippen LogP contribution in [0.5, 0.6) is 5.75 Å². The van der Waals surface area contributed by atoms with Gasteiger partial charge in [0, 0.05) is 17.5 Å². The van der Waals surface area contributed by atoms with Gasteiger partial charge in [0.15, 0.2) is 0 Å². The first kappa shape index (κ1) is 12.6. The van der Waals surface area contributed by atoms with Crippen LogP contribution in [-0.4, -0.2) is 18.1 Å². The molecule has 0 radical (unpaired) electrons. The summed E-state index contributed by atoms with van der Waals surface area (Å²) in [5.41, 5.74) is 3.68. The molecule has 1 aliphatic heterocycles. The van der Waals surface area contributed by atoms with Crippen LogP contribution >= 0.6 is 11.3 Å². The van der Waals surface area contributed by atoms with Crippen LogP contribution in [-0.2, 0) is 6.42 Å². The van der Waals surface area contributed by atoms with Gasteiger partial charge in [0.2, 0.25) is 0 Å². The number of hydrogen-bond acceptors (Lipinski definition) is 4. The minimum atomic E-state index is 0.189. The summed E-state index contributed by atoms with van der Waals surface area (Å²) in [4.78, 5) is 4.62. The maximum Gasteiger partial charge on any atom is 0.122 e. The van der Waals surface area contributed by atoms with Crippen molar-refractivity contribution in [2.45, 2.75) is 26.3 Å². The normalized spacial score (nSPS) is 15.1. The molecule has 0 aliphatic carbocycles. The lowest BCUT2D eigenvalue weighted by Crippen LogP contribution is -2.22. The van der Waals surface area contributed by atoms with Gasteiger partial charge >= 0.3 is 0 Å². The third-order valence-electron chi connectivity index (χ3n) is 3.34. The van der Waals surface area contributed by atoms with Gasteiger partial charge in [-0.05, 0) is 36.7 Å². The lowest BCUT2D eigenvalue weighted by Gasteiger charge is -2.16. The van der Waals surface area contributed by atoms with Crippen molar-refractivity contribution >= 4 is 11.3 Å². The van der Waals surface area contributed by atoms with E-state index in [1.807, 2.05) is 6.92 Å². The summed E-state index contributed by atoms with van der Waals surface area (Å²) in [6, 6.07) is 6.68. The fourth-order valence-electron chi connectivity index (χ4n) is 2.44. The van der Waals surface area contributed by atoms with Crippen LogP contribution in [0.15, 0.2) is 23.6 Å². The molecule has 4 heteroatoms. The van der Waals surface area contributed by atoms with Crippen LogP contribution in [0.25, 0.3) is 0 Å². The van der Waals surface area contributed by atoms with Crippen LogP contribution in [0.1, 0.15) is 34.8 Å². The van der Waals surface area contributed by atoms with Gasteiger partial charge in [-0.25, -0.2) is 4.98 Å². The standard InChI is InChI=1S/C15H18N2OS/c1-3-16-14(15-17-10(2)9-19-15)12-4-5-13-11(8-12)6-7-18-13/h4-5,8-9,14,16H,3,6-7H2,1-2H3. The van der Waals surface area contributed by atoms with Crippen LogP contribution < -0.4 is 10.1 Å². The molecule has 1 aromatic carbocycles. The summed E-state index contributed by atoms with van der Waals surface area (Å²) in [5.74, 6) is 1.04. The maximum absolute atomic E-state index is 5.57. The van der Waals surface area contributed by atoms with E-state index in [0.29, 0.717) is 0 Å². The van der Waals surface area contributed by atoms with E-state index in [2.05, 4.69) is 40.8 Å². The van der Waals surface area contributed by atoms with Crippen LogP contribution in [0.2, 0.25) is 0 Å². The number of aromatic nitrogens is 1. The largest absolute Gasteiger partial charge is 0.493 e. The number of nitrogens with zero attached hydrogens (tertiary/aromatic N) is 1. The van der Waals surface area contributed by atoms with E-state index in [-0.39, 0.29) is 6.04 Å². The molecule has 1 aromatic heterocycles. The van der Waals surface area contributed by atoms with Gasteiger partial charge in [-0.2, -0.15) is 0 Å². The predicted octanol–water partition coefficient (Wildman–Crippen LogP) is 3.09. The summed E-state index contributed by atoms with van der Waals surface area (Å²) in [6.07, 6.45) is 1.01. The topological polar surface area (TPSA) is 34.1 Å². The van der Waals surface area contributed by atoms with Gasteiger partial charge in [0.25, 0.3) is 0 Å². The minimum absolute atomic E-state index is 0.189. The van der Waals surface area contributed by atoms with Gasteiger partial charge in [-0.3, -0.25) is 0 Å². The van der Waals surface area contributed by atoms with E-state index in [4.69, 9.17) is 4.74 Å². The zero-order chi connectivity index (χ0) is 13.2. The van der Waals surface area contributed by atoms with Crippen molar-refractivity contribution in [1.82, 2.24) is 10.3 Å². The van der Waals surface area contributed by atoms with Crippen molar-refractivity contribution in [3.63, 3.8) is 0 Å². The second-order valence-electron chi connectivity index (χ2n) is 4.78. The molecule has 2 aromatic rings. The Kier molecular flexibility index (Phi) is 3.53.